The maximum Gasteiger partial charge on any atom is 0.120 e. The smallest absolute Gasteiger partial charge is 0.120 e. The fourth-order valence-corrected chi connectivity index (χ4v) is 1.42. The van der Waals surface area contributed by atoms with Crippen LogP contribution in [0, 0.1) is 11.8 Å². The van der Waals surface area contributed by atoms with Crippen LogP contribution in [0.5, 0.6) is 0 Å². The first kappa shape index (κ1) is 16.6. The summed E-state index contributed by atoms with van der Waals surface area (Å²) in [6.07, 6.45) is 20.6. The molecule has 1 nitrogen and oxygen atoms in total. The van der Waals surface area contributed by atoms with E-state index in [0.29, 0.717) is 18.3 Å². The number of hydrogen-bond donors (Lipinski definition) is 0. The van der Waals surface area contributed by atoms with E-state index in [0.717, 1.165) is 19.1 Å². The van der Waals surface area contributed by atoms with E-state index in [1.165, 1.54) is 0 Å². The predicted molar refractivity (Wildman–Crippen MR) is 80.5 cm³/mol. The second kappa shape index (κ2) is 12.1. The van der Waals surface area contributed by atoms with Crippen molar-refractivity contribution in [1.82, 2.24) is 0 Å². The van der Waals surface area contributed by atoms with Gasteiger partial charge >= 0.3 is 0 Å². The summed E-state index contributed by atoms with van der Waals surface area (Å²) >= 11 is 0. The third-order valence-corrected chi connectivity index (χ3v) is 2.59. The summed E-state index contributed by atoms with van der Waals surface area (Å²) in [7, 11) is 0. The normalized spacial score (nSPS) is 16.2. The van der Waals surface area contributed by atoms with E-state index in [4.69, 9.17) is 0 Å². The summed E-state index contributed by atoms with van der Waals surface area (Å²) in [5, 5.41) is 0. The average molecular weight is 246 g/mol. The van der Waals surface area contributed by atoms with E-state index in [2.05, 4.69) is 38.2 Å². The molecule has 0 saturated carbocycles. The second-order valence-corrected chi connectivity index (χ2v) is 4.63. The highest BCUT2D eigenvalue weighted by Gasteiger charge is 1.92. The summed E-state index contributed by atoms with van der Waals surface area (Å²) < 4.78 is 0. The number of hydrogen-bond acceptors (Lipinski definition) is 1. The Labute approximate surface area is 112 Å². The third kappa shape index (κ3) is 11.1. The summed E-state index contributed by atoms with van der Waals surface area (Å²) in [5.74, 6) is 0.907. The maximum absolute atomic E-state index is 10.3. The van der Waals surface area contributed by atoms with Crippen molar-refractivity contribution in [2.45, 2.75) is 40.0 Å². The van der Waals surface area contributed by atoms with E-state index in [1.807, 2.05) is 31.2 Å². The van der Waals surface area contributed by atoms with Gasteiger partial charge in [-0.1, -0.05) is 69.4 Å². The Hall–Kier alpha value is -1.37. The minimum atomic E-state index is 0.328. The van der Waals surface area contributed by atoms with Crippen LogP contribution in [0.15, 0.2) is 48.6 Å². The molecule has 0 amide bonds. The second-order valence-electron chi connectivity index (χ2n) is 4.63. The van der Waals surface area contributed by atoms with Crippen molar-refractivity contribution in [2.75, 3.05) is 0 Å². The first-order valence-electron chi connectivity index (χ1n) is 6.81. The molecule has 0 aromatic carbocycles. The van der Waals surface area contributed by atoms with Gasteiger partial charge in [0.15, 0.2) is 0 Å². The molecule has 0 aromatic heterocycles. The van der Waals surface area contributed by atoms with Gasteiger partial charge in [0, 0.05) is 6.42 Å². The molecule has 18 heavy (non-hydrogen) atoms. The Morgan fingerprint density at radius 1 is 0.833 bits per heavy atom. The monoisotopic (exact) mass is 246 g/mol. The van der Waals surface area contributed by atoms with E-state index in [1.54, 1.807) is 0 Å². The minimum Gasteiger partial charge on any atom is -0.303 e. The van der Waals surface area contributed by atoms with Crippen LogP contribution in [0.3, 0.4) is 0 Å². The molecule has 0 rings (SSSR count). The highest BCUT2D eigenvalue weighted by molar-refractivity contribution is 5.50. The van der Waals surface area contributed by atoms with Crippen molar-refractivity contribution in [3.63, 3.8) is 0 Å². The number of carbonyl (C=O) groups excluding carboxylic acids is 1. The van der Waals surface area contributed by atoms with Crippen molar-refractivity contribution in [2.24, 2.45) is 11.8 Å². The molecule has 0 fully saturated rings. The Balaban J connectivity index is 3.86. The SMILES string of the molecule is CC/C=C\C[C@H](C)/C=C/C=C\C=C\[C@@H](C)CC=O. The molecule has 0 aliphatic heterocycles. The zero-order valence-corrected chi connectivity index (χ0v) is 11.9. The van der Waals surface area contributed by atoms with Crippen LogP contribution in [0.2, 0.25) is 0 Å². The number of allylic oxidation sites excluding steroid dienone is 8. The molecule has 0 bridgehead atoms. The topological polar surface area (TPSA) is 17.1 Å². The predicted octanol–water partition coefficient (Wildman–Crippen LogP) is 4.87. The summed E-state index contributed by atoms with van der Waals surface area (Å²) in [6, 6.07) is 0. The third-order valence-electron chi connectivity index (χ3n) is 2.59. The molecular weight excluding hydrogens is 220 g/mol. The van der Waals surface area contributed by atoms with E-state index >= 15 is 0 Å². The molecule has 0 unspecified atom stereocenters. The van der Waals surface area contributed by atoms with Crippen molar-refractivity contribution >= 4 is 6.29 Å². The molecule has 0 N–H and O–H groups in total. The molecule has 0 radical (unpaired) electrons. The summed E-state index contributed by atoms with van der Waals surface area (Å²) in [6.45, 7) is 6.40. The Morgan fingerprint density at radius 3 is 1.89 bits per heavy atom. The first-order chi connectivity index (χ1) is 8.70. The largest absolute Gasteiger partial charge is 0.303 e. The highest BCUT2D eigenvalue weighted by Crippen LogP contribution is 2.05. The number of carbonyl (C=O) groups is 1. The van der Waals surface area contributed by atoms with Gasteiger partial charge < -0.3 is 4.79 Å². The molecule has 0 saturated heterocycles. The van der Waals surface area contributed by atoms with Gasteiger partial charge in [-0.2, -0.15) is 0 Å². The van der Waals surface area contributed by atoms with Gasteiger partial charge in [0.05, 0.1) is 0 Å². The molecule has 0 spiro atoms. The molecule has 1 heteroatoms. The molecule has 0 aromatic rings. The Kier molecular flexibility index (Phi) is 11.2. The Morgan fingerprint density at radius 2 is 1.39 bits per heavy atom. The Bertz CT molecular complexity index is 308. The molecule has 2 atom stereocenters. The first-order valence-corrected chi connectivity index (χ1v) is 6.81. The molecule has 100 valence electrons. The zero-order chi connectivity index (χ0) is 13.6. The number of aldehydes is 1. The van der Waals surface area contributed by atoms with Crippen LogP contribution in [0.4, 0.5) is 0 Å². The van der Waals surface area contributed by atoms with Crippen LogP contribution >= 0.6 is 0 Å². The van der Waals surface area contributed by atoms with Crippen molar-refractivity contribution < 1.29 is 4.79 Å². The minimum absolute atomic E-state index is 0.328. The van der Waals surface area contributed by atoms with E-state index in [9.17, 15) is 4.79 Å². The van der Waals surface area contributed by atoms with Crippen molar-refractivity contribution in [1.29, 1.82) is 0 Å². The molecule has 0 aliphatic carbocycles. The lowest BCUT2D eigenvalue weighted by molar-refractivity contribution is -0.108. The zero-order valence-electron chi connectivity index (χ0n) is 11.9. The van der Waals surface area contributed by atoms with Gasteiger partial charge in [-0.25, -0.2) is 0 Å². The standard InChI is InChI=1S/C17H26O/c1-4-5-8-11-16(2)12-9-6-7-10-13-17(3)14-15-18/h5-10,12-13,15-17H,4,11,14H2,1-3H3/b7-6-,8-5-,12-9+,13-10+/t16-,17+/m0/s1. The van der Waals surface area contributed by atoms with Crippen molar-refractivity contribution in [3.8, 4) is 0 Å². The van der Waals surface area contributed by atoms with E-state index in [-0.39, 0.29) is 0 Å². The lowest BCUT2D eigenvalue weighted by atomic mass is 10.1. The van der Waals surface area contributed by atoms with Gasteiger partial charge in [-0.15, -0.1) is 0 Å². The van der Waals surface area contributed by atoms with Crippen LogP contribution in [-0.2, 0) is 4.79 Å². The summed E-state index contributed by atoms with van der Waals surface area (Å²) in [5.41, 5.74) is 0. The van der Waals surface area contributed by atoms with Crippen LogP contribution in [0.25, 0.3) is 0 Å². The van der Waals surface area contributed by atoms with Crippen LogP contribution < -0.4 is 0 Å². The molecule has 0 aliphatic rings. The van der Waals surface area contributed by atoms with Crippen LogP contribution in [0.1, 0.15) is 40.0 Å². The van der Waals surface area contributed by atoms with Gasteiger partial charge in [-0.05, 0) is 24.7 Å². The lowest BCUT2D eigenvalue weighted by Gasteiger charge is -1.99. The fourth-order valence-electron chi connectivity index (χ4n) is 1.42. The summed E-state index contributed by atoms with van der Waals surface area (Å²) in [4.78, 5) is 10.3. The van der Waals surface area contributed by atoms with Crippen LogP contribution in [-0.4, -0.2) is 6.29 Å². The fraction of sp³-hybridized carbons (Fsp3) is 0.471. The van der Waals surface area contributed by atoms with Crippen molar-refractivity contribution in [3.05, 3.63) is 48.6 Å². The molecule has 0 heterocycles. The molecular formula is C17H26O. The van der Waals surface area contributed by atoms with Gasteiger partial charge in [-0.3, -0.25) is 0 Å². The average Bonchev–Trinajstić information content (AvgIpc) is 2.34. The quantitative estimate of drug-likeness (QED) is 0.322. The van der Waals surface area contributed by atoms with Gasteiger partial charge in [0.25, 0.3) is 0 Å². The highest BCUT2D eigenvalue weighted by atomic mass is 16.1. The maximum atomic E-state index is 10.3. The lowest BCUT2D eigenvalue weighted by Crippen LogP contribution is -1.88. The van der Waals surface area contributed by atoms with E-state index < -0.39 is 0 Å². The van der Waals surface area contributed by atoms with Gasteiger partial charge in [0.2, 0.25) is 0 Å². The van der Waals surface area contributed by atoms with Gasteiger partial charge in [0.1, 0.15) is 6.29 Å². The number of rotatable bonds is 9.